The highest BCUT2D eigenvalue weighted by molar-refractivity contribution is 5.81. The van der Waals surface area contributed by atoms with E-state index in [1.807, 2.05) is 11.1 Å². The minimum Gasteiger partial charge on any atom is -0.332 e. The molecule has 0 spiro atoms. The zero-order valence-corrected chi connectivity index (χ0v) is 9.88. The standard InChI is InChI=1S/C12H18N4O/c13-10(7-9-1-2-9)12(17)16-6-5-15-4-3-14-11(15)8-16/h3-4,9-10H,1-2,5-8,13H2/t10-/m0/s1. The van der Waals surface area contributed by atoms with E-state index in [-0.39, 0.29) is 11.9 Å². The first-order valence-electron chi connectivity index (χ1n) is 6.28. The summed E-state index contributed by atoms with van der Waals surface area (Å²) in [6.45, 7) is 2.18. The van der Waals surface area contributed by atoms with Crippen LogP contribution in [0.1, 0.15) is 25.1 Å². The van der Waals surface area contributed by atoms with Crippen LogP contribution in [0.25, 0.3) is 0 Å². The lowest BCUT2D eigenvalue weighted by atomic mass is 10.1. The third-order valence-corrected chi connectivity index (χ3v) is 3.66. The van der Waals surface area contributed by atoms with Gasteiger partial charge in [0.15, 0.2) is 0 Å². The van der Waals surface area contributed by atoms with Crippen molar-refractivity contribution in [2.75, 3.05) is 6.54 Å². The lowest BCUT2D eigenvalue weighted by molar-refractivity contribution is -0.134. The van der Waals surface area contributed by atoms with Crippen LogP contribution in [-0.4, -0.2) is 32.9 Å². The van der Waals surface area contributed by atoms with Crippen LogP contribution >= 0.6 is 0 Å². The average molecular weight is 234 g/mol. The maximum atomic E-state index is 12.2. The van der Waals surface area contributed by atoms with Crippen LogP contribution in [0.4, 0.5) is 0 Å². The highest BCUT2D eigenvalue weighted by atomic mass is 16.2. The number of nitrogens with zero attached hydrogens (tertiary/aromatic N) is 3. The lowest BCUT2D eigenvalue weighted by Crippen LogP contribution is -2.47. The molecule has 0 bridgehead atoms. The van der Waals surface area contributed by atoms with Crippen molar-refractivity contribution in [3.63, 3.8) is 0 Å². The molecule has 3 rings (SSSR count). The summed E-state index contributed by atoms with van der Waals surface area (Å²) in [5.41, 5.74) is 5.97. The maximum Gasteiger partial charge on any atom is 0.239 e. The summed E-state index contributed by atoms with van der Waals surface area (Å²) in [4.78, 5) is 18.2. The van der Waals surface area contributed by atoms with Gasteiger partial charge in [-0.3, -0.25) is 4.79 Å². The van der Waals surface area contributed by atoms with Crippen LogP contribution < -0.4 is 5.73 Å². The number of rotatable bonds is 3. The van der Waals surface area contributed by atoms with E-state index in [0.717, 1.165) is 25.3 Å². The van der Waals surface area contributed by atoms with E-state index in [9.17, 15) is 4.79 Å². The number of amides is 1. The van der Waals surface area contributed by atoms with Gasteiger partial charge in [-0.25, -0.2) is 4.98 Å². The molecule has 1 aliphatic heterocycles. The summed E-state index contributed by atoms with van der Waals surface area (Å²) in [6, 6.07) is -0.316. The SMILES string of the molecule is N[C@@H](CC1CC1)C(=O)N1CCn2ccnc2C1. The monoisotopic (exact) mass is 234 g/mol. The van der Waals surface area contributed by atoms with Gasteiger partial charge in [-0.05, 0) is 12.3 Å². The molecule has 0 radical (unpaired) electrons. The molecule has 1 atom stereocenters. The van der Waals surface area contributed by atoms with Gasteiger partial charge in [-0.2, -0.15) is 0 Å². The molecule has 0 aromatic carbocycles. The van der Waals surface area contributed by atoms with Gasteiger partial charge in [0.2, 0.25) is 5.91 Å². The molecular weight excluding hydrogens is 216 g/mol. The van der Waals surface area contributed by atoms with Gasteiger partial charge in [0.25, 0.3) is 0 Å². The predicted molar refractivity (Wildman–Crippen MR) is 63.0 cm³/mol. The van der Waals surface area contributed by atoms with Gasteiger partial charge in [0.1, 0.15) is 5.82 Å². The van der Waals surface area contributed by atoms with Gasteiger partial charge in [-0.15, -0.1) is 0 Å². The zero-order chi connectivity index (χ0) is 11.8. The molecule has 5 nitrogen and oxygen atoms in total. The largest absolute Gasteiger partial charge is 0.332 e. The van der Waals surface area contributed by atoms with Gasteiger partial charge in [0, 0.05) is 25.5 Å². The second-order valence-corrected chi connectivity index (χ2v) is 5.08. The third kappa shape index (κ3) is 2.20. The van der Waals surface area contributed by atoms with E-state index in [2.05, 4.69) is 9.55 Å². The number of fused-ring (bicyclic) bond motifs is 1. The fourth-order valence-corrected chi connectivity index (χ4v) is 2.41. The van der Waals surface area contributed by atoms with E-state index >= 15 is 0 Å². The topological polar surface area (TPSA) is 64.2 Å². The van der Waals surface area contributed by atoms with Crippen molar-refractivity contribution in [1.29, 1.82) is 0 Å². The van der Waals surface area contributed by atoms with Crippen molar-refractivity contribution in [2.45, 2.75) is 38.4 Å². The molecule has 1 aromatic rings. The molecule has 17 heavy (non-hydrogen) atoms. The number of aromatic nitrogens is 2. The van der Waals surface area contributed by atoms with Crippen LogP contribution in [0.2, 0.25) is 0 Å². The quantitative estimate of drug-likeness (QED) is 0.821. The predicted octanol–water partition coefficient (Wildman–Crippen LogP) is 0.353. The molecule has 2 N–H and O–H groups in total. The maximum absolute atomic E-state index is 12.2. The zero-order valence-electron chi connectivity index (χ0n) is 9.88. The Labute approximate surface area is 101 Å². The van der Waals surface area contributed by atoms with Crippen molar-refractivity contribution in [3.8, 4) is 0 Å². The van der Waals surface area contributed by atoms with Crippen LogP contribution in [0.3, 0.4) is 0 Å². The normalized spacial score (nSPS) is 21.1. The summed E-state index contributed by atoms with van der Waals surface area (Å²) < 4.78 is 2.09. The van der Waals surface area contributed by atoms with Gasteiger partial charge in [-0.1, -0.05) is 12.8 Å². The molecule has 2 aliphatic rings. The van der Waals surface area contributed by atoms with E-state index in [1.54, 1.807) is 6.20 Å². The second-order valence-electron chi connectivity index (χ2n) is 5.08. The molecule has 0 unspecified atom stereocenters. The van der Waals surface area contributed by atoms with Crippen molar-refractivity contribution in [2.24, 2.45) is 11.7 Å². The third-order valence-electron chi connectivity index (χ3n) is 3.66. The molecule has 1 amide bonds. The number of nitrogens with two attached hydrogens (primary N) is 1. The molecule has 1 saturated carbocycles. The molecule has 1 aromatic heterocycles. The lowest BCUT2D eigenvalue weighted by Gasteiger charge is -2.29. The summed E-state index contributed by atoms with van der Waals surface area (Å²) in [5, 5.41) is 0. The minimum atomic E-state index is -0.316. The smallest absolute Gasteiger partial charge is 0.239 e. The summed E-state index contributed by atoms with van der Waals surface area (Å²) >= 11 is 0. The second kappa shape index (κ2) is 4.14. The molecule has 2 heterocycles. The Morgan fingerprint density at radius 2 is 2.35 bits per heavy atom. The Kier molecular flexibility index (Phi) is 2.63. The first-order chi connectivity index (χ1) is 8.24. The number of hydrogen-bond donors (Lipinski definition) is 1. The first-order valence-corrected chi connectivity index (χ1v) is 6.28. The number of carbonyl (C=O) groups is 1. The molecule has 92 valence electrons. The summed E-state index contributed by atoms with van der Waals surface area (Å²) in [6.07, 6.45) is 7.08. The molecule has 1 aliphatic carbocycles. The van der Waals surface area contributed by atoms with Crippen molar-refractivity contribution < 1.29 is 4.79 Å². The molecule has 0 saturated heterocycles. The Morgan fingerprint density at radius 1 is 1.53 bits per heavy atom. The summed E-state index contributed by atoms with van der Waals surface area (Å²) in [5.74, 6) is 1.75. The molecular formula is C12H18N4O. The van der Waals surface area contributed by atoms with E-state index in [1.165, 1.54) is 12.8 Å². The summed E-state index contributed by atoms with van der Waals surface area (Å²) in [7, 11) is 0. The molecule has 1 fully saturated rings. The number of imidazole rings is 1. The Bertz CT molecular complexity index is 424. The highest BCUT2D eigenvalue weighted by Gasteiger charge is 2.30. The number of hydrogen-bond acceptors (Lipinski definition) is 3. The van der Waals surface area contributed by atoms with Crippen LogP contribution in [0.15, 0.2) is 12.4 Å². The fourth-order valence-electron chi connectivity index (χ4n) is 2.41. The Morgan fingerprint density at radius 3 is 3.12 bits per heavy atom. The Hall–Kier alpha value is -1.36. The van der Waals surface area contributed by atoms with E-state index in [4.69, 9.17) is 5.73 Å². The van der Waals surface area contributed by atoms with Gasteiger partial charge < -0.3 is 15.2 Å². The van der Waals surface area contributed by atoms with Gasteiger partial charge >= 0.3 is 0 Å². The van der Waals surface area contributed by atoms with Crippen LogP contribution in [0, 0.1) is 5.92 Å². The Balaban J connectivity index is 1.63. The first kappa shape index (κ1) is 10.8. The van der Waals surface area contributed by atoms with Crippen molar-refractivity contribution in [1.82, 2.24) is 14.5 Å². The highest BCUT2D eigenvalue weighted by Crippen LogP contribution is 2.33. The van der Waals surface area contributed by atoms with Crippen LogP contribution in [-0.2, 0) is 17.9 Å². The molecule has 5 heteroatoms. The van der Waals surface area contributed by atoms with Crippen LogP contribution in [0.5, 0.6) is 0 Å². The van der Waals surface area contributed by atoms with Gasteiger partial charge in [0.05, 0.1) is 12.6 Å². The number of carbonyl (C=O) groups excluding carboxylic acids is 1. The van der Waals surface area contributed by atoms with Crippen molar-refractivity contribution in [3.05, 3.63) is 18.2 Å². The fraction of sp³-hybridized carbons (Fsp3) is 0.667. The van der Waals surface area contributed by atoms with E-state index < -0.39 is 0 Å². The minimum absolute atomic E-state index is 0.0890. The van der Waals surface area contributed by atoms with Crippen molar-refractivity contribution >= 4 is 5.91 Å². The average Bonchev–Trinajstić information content (AvgIpc) is 3.02. The van der Waals surface area contributed by atoms with E-state index in [0.29, 0.717) is 12.5 Å².